The summed E-state index contributed by atoms with van der Waals surface area (Å²) in [5.74, 6) is -0.658. The van der Waals surface area contributed by atoms with Crippen molar-refractivity contribution in [2.75, 3.05) is 5.32 Å². The number of nitrogens with one attached hydrogen (secondary N) is 2. The molecule has 6 nitrogen and oxygen atoms in total. The van der Waals surface area contributed by atoms with Gasteiger partial charge in [-0.1, -0.05) is 11.3 Å². The van der Waals surface area contributed by atoms with Gasteiger partial charge in [-0.2, -0.15) is 0 Å². The van der Waals surface area contributed by atoms with E-state index in [1.54, 1.807) is 18.3 Å². The SMILES string of the molecule is O=C(Cn1cc(CNC2CC2)nn1)Nc1cccc(F)c1. The Kier molecular flexibility index (Phi) is 3.92. The second-order valence-corrected chi connectivity index (χ2v) is 5.12. The quantitative estimate of drug-likeness (QED) is 0.841. The summed E-state index contributed by atoms with van der Waals surface area (Å²) in [6, 6.07) is 6.37. The van der Waals surface area contributed by atoms with Crippen molar-refractivity contribution < 1.29 is 9.18 Å². The fourth-order valence-corrected chi connectivity index (χ4v) is 1.95. The molecule has 2 N–H and O–H groups in total. The number of nitrogens with zero attached hydrogens (tertiary/aromatic N) is 3. The van der Waals surface area contributed by atoms with Crippen LogP contribution in [-0.4, -0.2) is 26.9 Å². The van der Waals surface area contributed by atoms with Crippen LogP contribution < -0.4 is 10.6 Å². The molecule has 0 radical (unpaired) electrons. The van der Waals surface area contributed by atoms with Crippen LogP contribution in [0.15, 0.2) is 30.5 Å². The second-order valence-electron chi connectivity index (χ2n) is 5.12. The summed E-state index contributed by atoms with van der Waals surface area (Å²) in [6.07, 6.45) is 4.16. The molecule has 7 heteroatoms. The van der Waals surface area contributed by atoms with E-state index in [2.05, 4.69) is 20.9 Å². The number of carbonyl (C=O) groups is 1. The zero-order valence-corrected chi connectivity index (χ0v) is 11.4. The Bertz CT molecular complexity index is 638. The average Bonchev–Trinajstić information content (AvgIpc) is 3.17. The lowest BCUT2D eigenvalue weighted by Crippen LogP contribution is -2.19. The van der Waals surface area contributed by atoms with E-state index < -0.39 is 0 Å². The Morgan fingerprint density at radius 3 is 3.05 bits per heavy atom. The molecular formula is C14H16FN5O. The normalized spacial score (nSPS) is 14.1. The number of carbonyl (C=O) groups excluding carboxylic acids is 1. The molecule has 1 aromatic carbocycles. The monoisotopic (exact) mass is 289 g/mol. The molecule has 2 aromatic rings. The van der Waals surface area contributed by atoms with Gasteiger partial charge in [0.2, 0.25) is 5.91 Å². The van der Waals surface area contributed by atoms with Gasteiger partial charge in [-0.25, -0.2) is 9.07 Å². The molecule has 1 aliphatic rings. The minimum atomic E-state index is -0.387. The largest absolute Gasteiger partial charge is 0.324 e. The molecule has 1 heterocycles. The van der Waals surface area contributed by atoms with Crippen LogP contribution in [0.2, 0.25) is 0 Å². The molecule has 0 unspecified atom stereocenters. The van der Waals surface area contributed by atoms with Crippen molar-refractivity contribution in [1.82, 2.24) is 20.3 Å². The van der Waals surface area contributed by atoms with Crippen LogP contribution in [-0.2, 0) is 17.9 Å². The van der Waals surface area contributed by atoms with Crippen LogP contribution in [0.3, 0.4) is 0 Å². The van der Waals surface area contributed by atoms with Gasteiger partial charge in [0.15, 0.2) is 0 Å². The Balaban J connectivity index is 1.51. The Morgan fingerprint density at radius 1 is 1.43 bits per heavy atom. The van der Waals surface area contributed by atoms with Crippen molar-refractivity contribution in [2.45, 2.75) is 32.0 Å². The topological polar surface area (TPSA) is 71.8 Å². The summed E-state index contributed by atoms with van der Waals surface area (Å²) in [7, 11) is 0. The van der Waals surface area contributed by atoms with Crippen molar-refractivity contribution in [3.8, 4) is 0 Å². The fourth-order valence-electron chi connectivity index (χ4n) is 1.95. The average molecular weight is 289 g/mol. The van der Waals surface area contributed by atoms with E-state index in [9.17, 15) is 9.18 Å². The summed E-state index contributed by atoms with van der Waals surface area (Å²) in [6.45, 7) is 0.711. The summed E-state index contributed by atoms with van der Waals surface area (Å²) < 4.78 is 14.5. The predicted octanol–water partition coefficient (Wildman–Crippen LogP) is 1.31. The Hall–Kier alpha value is -2.28. The molecule has 0 spiro atoms. The fraction of sp³-hybridized carbons (Fsp3) is 0.357. The first-order valence-corrected chi connectivity index (χ1v) is 6.87. The smallest absolute Gasteiger partial charge is 0.246 e. The van der Waals surface area contributed by atoms with E-state index in [0.29, 0.717) is 18.3 Å². The van der Waals surface area contributed by atoms with E-state index in [4.69, 9.17) is 0 Å². The van der Waals surface area contributed by atoms with Crippen molar-refractivity contribution in [3.63, 3.8) is 0 Å². The number of anilines is 1. The number of amides is 1. The highest BCUT2D eigenvalue weighted by Crippen LogP contribution is 2.18. The van der Waals surface area contributed by atoms with Gasteiger partial charge in [-0.15, -0.1) is 5.10 Å². The third kappa shape index (κ3) is 4.09. The molecular weight excluding hydrogens is 273 g/mol. The number of benzene rings is 1. The molecule has 0 saturated heterocycles. The molecule has 110 valence electrons. The lowest BCUT2D eigenvalue weighted by molar-refractivity contribution is -0.116. The zero-order valence-electron chi connectivity index (χ0n) is 11.4. The standard InChI is InChI=1S/C14H16FN5O/c15-10-2-1-3-12(6-10)17-14(21)9-20-8-13(18-19-20)7-16-11-4-5-11/h1-3,6,8,11,16H,4-5,7,9H2,(H,17,21). The first kappa shape index (κ1) is 13.7. The van der Waals surface area contributed by atoms with Gasteiger partial charge < -0.3 is 10.6 Å². The van der Waals surface area contributed by atoms with Gasteiger partial charge in [-0.05, 0) is 31.0 Å². The molecule has 21 heavy (non-hydrogen) atoms. The van der Waals surface area contributed by atoms with Gasteiger partial charge in [0, 0.05) is 18.3 Å². The molecule has 0 aliphatic heterocycles. The van der Waals surface area contributed by atoms with Gasteiger partial charge >= 0.3 is 0 Å². The number of rotatable bonds is 6. The number of halogens is 1. The predicted molar refractivity (Wildman–Crippen MR) is 74.9 cm³/mol. The van der Waals surface area contributed by atoms with Gasteiger partial charge in [0.1, 0.15) is 12.4 Å². The molecule has 1 aliphatic carbocycles. The van der Waals surface area contributed by atoms with E-state index in [0.717, 1.165) is 5.69 Å². The maximum Gasteiger partial charge on any atom is 0.246 e. The minimum absolute atomic E-state index is 0.0486. The van der Waals surface area contributed by atoms with Crippen LogP contribution in [0.4, 0.5) is 10.1 Å². The molecule has 3 rings (SSSR count). The van der Waals surface area contributed by atoms with E-state index in [1.165, 1.54) is 29.7 Å². The molecule has 0 bridgehead atoms. The van der Waals surface area contributed by atoms with Gasteiger partial charge in [0.25, 0.3) is 0 Å². The maximum absolute atomic E-state index is 13.0. The highest BCUT2D eigenvalue weighted by Gasteiger charge is 2.20. The first-order valence-electron chi connectivity index (χ1n) is 6.87. The van der Waals surface area contributed by atoms with Crippen LogP contribution in [0.5, 0.6) is 0 Å². The molecule has 1 saturated carbocycles. The first-order chi connectivity index (χ1) is 10.2. The maximum atomic E-state index is 13.0. The molecule has 1 fully saturated rings. The van der Waals surface area contributed by atoms with E-state index >= 15 is 0 Å². The Morgan fingerprint density at radius 2 is 2.29 bits per heavy atom. The summed E-state index contributed by atoms with van der Waals surface area (Å²) in [4.78, 5) is 11.8. The molecule has 1 aromatic heterocycles. The third-order valence-electron chi connectivity index (χ3n) is 3.15. The zero-order chi connectivity index (χ0) is 14.7. The van der Waals surface area contributed by atoms with Crippen molar-refractivity contribution >= 4 is 11.6 Å². The summed E-state index contributed by atoms with van der Waals surface area (Å²) in [5, 5.41) is 13.9. The highest BCUT2D eigenvalue weighted by molar-refractivity contribution is 5.90. The second kappa shape index (κ2) is 6.01. The van der Waals surface area contributed by atoms with Crippen LogP contribution in [0.1, 0.15) is 18.5 Å². The number of aromatic nitrogens is 3. The number of hydrogen-bond acceptors (Lipinski definition) is 4. The van der Waals surface area contributed by atoms with Crippen molar-refractivity contribution in [2.24, 2.45) is 0 Å². The lowest BCUT2D eigenvalue weighted by atomic mass is 10.3. The summed E-state index contributed by atoms with van der Waals surface area (Å²) >= 11 is 0. The van der Waals surface area contributed by atoms with Gasteiger partial charge in [-0.3, -0.25) is 4.79 Å². The number of hydrogen-bond donors (Lipinski definition) is 2. The van der Waals surface area contributed by atoms with Crippen molar-refractivity contribution in [3.05, 3.63) is 42.0 Å². The minimum Gasteiger partial charge on any atom is -0.324 e. The van der Waals surface area contributed by atoms with E-state index in [-0.39, 0.29) is 18.3 Å². The van der Waals surface area contributed by atoms with Gasteiger partial charge in [0.05, 0.1) is 11.9 Å². The van der Waals surface area contributed by atoms with Crippen LogP contribution in [0, 0.1) is 5.82 Å². The molecule has 0 atom stereocenters. The molecule has 1 amide bonds. The third-order valence-corrected chi connectivity index (χ3v) is 3.15. The van der Waals surface area contributed by atoms with Crippen LogP contribution >= 0.6 is 0 Å². The highest BCUT2D eigenvalue weighted by atomic mass is 19.1. The van der Waals surface area contributed by atoms with E-state index in [1.807, 2.05) is 0 Å². The lowest BCUT2D eigenvalue weighted by Gasteiger charge is -2.04. The Labute approximate surface area is 121 Å². The van der Waals surface area contributed by atoms with Crippen molar-refractivity contribution in [1.29, 1.82) is 0 Å². The summed E-state index contributed by atoms with van der Waals surface area (Å²) in [5.41, 5.74) is 1.23. The van der Waals surface area contributed by atoms with Crippen LogP contribution in [0.25, 0.3) is 0 Å².